The Balaban J connectivity index is 0.00000162. The van der Waals surface area contributed by atoms with E-state index in [0.717, 1.165) is 45.0 Å². The zero-order valence-electron chi connectivity index (χ0n) is 11.6. The normalized spacial score (nSPS) is 15.5. The minimum atomic E-state index is 0. The molecule has 110 valence electrons. The van der Waals surface area contributed by atoms with Gasteiger partial charge < -0.3 is 10.5 Å². The summed E-state index contributed by atoms with van der Waals surface area (Å²) in [5.41, 5.74) is 10.7. The van der Waals surface area contributed by atoms with Crippen LogP contribution in [0.25, 0.3) is 0 Å². The summed E-state index contributed by atoms with van der Waals surface area (Å²) in [5.74, 6) is 0. The molecule has 2 rings (SSSR count). The fourth-order valence-corrected chi connectivity index (χ4v) is 2.27. The molecule has 0 aromatic heterocycles. The monoisotopic (exact) mass is 306 g/mol. The first-order chi connectivity index (χ1) is 8.16. The van der Waals surface area contributed by atoms with E-state index in [4.69, 9.17) is 10.5 Å². The first kappa shape index (κ1) is 18.5. The van der Waals surface area contributed by atoms with Crippen molar-refractivity contribution in [3.05, 3.63) is 28.8 Å². The summed E-state index contributed by atoms with van der Waals surface area (Å²) >= 11 is 0. The van der Waals surface area contributed by atoms with Crippen molar-refractivity contribution in [3.8, 4) is 0 Å². The van der Waals surface area contributed by atoms with Gasteiger partial charge >= 0.3 is 0 Å². The Hall–Kier alpha value is -0.480. The van der Waals surface area contributed by atoms with Gasteiger partial charge in [0.25, 0.3) is 0 Å². The molecule has 0 aliphatic carbocycles. The maximum Gasteiger partial charge on any atom is 0.0594 e. The lowest BCUT2D eigenvalue weighted by molar-refractivity contribution is 0.0384. The Morgan fingerprint density at radius 2 is 1.74 bits per heavy atom. The minimum absolute atomic E-state index is 0. The second kappa shape index (κ2) is 8.64. The molecule has 0 radical (unpaired) electrons. The molecule has 0 amide bonds. The Bertz CT molecular complexity index is 393. The second-order valence-corrected chi connectivity index (χ2v) is 4.84. The van der Waals surface area contributed by atoms with Gasteiger partial charge in [0.05, 0.1) is 13.2 Å². The van der Waals surface area contributed by atoms with Gasteiger partial charge in [-0.25, -0.2) is 0 Å². The molecule has 2 N–H and O–H groups in total. The number of hydrogen-bond acceptors (Lipinski definition) is 3. The first-order valence-corrected chi connectivity index (χ1v) is 6.32. The molecule has 1 heterocycles. The van der Waals surface area contributed by atoms with Gasteiger partial charge in [-0.05, 0) is 43.0 Å². The molecule has 0 unspecified atom stereocenters. The topological polar surface area (TPSA) is 38.5 Å². The lowest BCUT2D eigenvalue weighted by Crippen LogP contribution is -2.37. The highest BCUT2D eigenvalue weighted by atomic mass is 35.5. The SMILES string of the molecule is Cc1cc(CCN2CCOCC2)c(C)cc1N.Cl.Cl. The third kappa shape index (κ3) is 5.19. The van der Waals surface area contributed by atoms with E-state index in [0.29, 0.717) is 0 Å². The molecule has 5 heteroatoms. The van der Waals surface area contributed by atoms with Gasteiger partial charge in [-0.15, -0.1) is 24.8 Å². The Morgan fingerprint density at radius 3 is 2.37 bits per heavy atom. The van der Waals surface area contributed by atoms with Gasteiger partial charge in [0.2, 0.25) is 0 Å². The maximum absolute atomic E-state index is 5.90. The molecule has 19 heavy (non-hydrogen) atoms. The molecule has 0 spiro atoms. The van der Waals surface area contributed by atoms with Crippen LogP contribution in [0.15, 0.2) is 12.1 Å². The summed E-state index contributed by atoms with van der Waals surface area (Å²) in [6.45, 7) is 9.21. The van der Waals surface area contributed by atoms with Crippen LogP contribution in [0.3, 0.4) is 0 Å². The number of hydrogen-bond donors (Lipinski definition) is 1. The molecular weight excluding hydrogens is 283 g/mol. The van der Waals surface area contributed by atoms with Crippen LogP contribution in [0.4, 0.5) is 5.69 Å². The highest BCUT2D eigenvalue weighted by Gasteiger charge is 2.10. The van der Waals surface area contributed by atoms with Crippen LogP contribution in [0, 0.1) is 13.8 Å². The van der Waals surface area contributed by atoms with E-state index in [2.05, 4.69) is 30.9 Å². The summed E-state index contributed by atoms with van der Waals surface area (Å²) in [7, 11) is 0. The first-order valence-electron chi connectivity index (χ1n) is 6.32. The quantitative estimate of drug-likeness (QED) is 0.873. The zero-order chi connectivity index (χ0) is 12.3. The number of ether oxygens (including phenoxy) is 1. The lowest BCUT2D eigenvalue weighted by atomic mass is 10.0. The molecule has 0 atom stereocenters. The van der Waals surface area contributed by atoms with Gasteiger partial charge in [-0.2, -0.15) is 0 Å². The number of halogens is 2. The van der Waals surface area contributed by atoms with Crippen LogP contribution in [0.2, 0.25) is 0 Å². The third-order valence-electron chi connectivity index (χ3n) is 3.53. The predicted octanol–water partition coefficient (Wildman–Crippen LogP) is 2.60. The van der Waals surface area contributed by atoms with E-state index in [1.165, 1.54) is 16.7 Å². The summed E-state index contributed by atoms with van der Waals surface area (Å²) in [4.78, 5) is 2.47. The van der Waals surface area contributed by atoms with E-state index < -0.39 is 0 Å². The van der Waals surface area contributed by atoms with Crippen molar-refractivity contribution in [2.75, 3.05) is 38.6 Å². The molecule has 3 nitrogen and oxygen atoms in total. The average molecular weight is 307 g/mol. The van der Waals surface area contributed by atoms with Crippen molar-refractivity contribution >= 4 is 30.5 Å². The number of rotatable bonds is 3. The van der Waals surface area contributed by atoms with Crippen molar-refractivity contribution in [1.29, 1.82) is 0 Å². The van der Waals surface area contributed by atoms with Crippen LogP contribution in [0.1, 0.15) is 16.7 Å². The maximum atomic E-state index is 5.90. The van der Waals surface area contributed by atoms with Crippen molar-refractivity contribution in [1.82, 2.24) is 4.90 Å². The van der Waals surface area contributed by atoms with Crippen molar-refractivity contribution < 1.29 is 4.74 Å². The molecule has 1 saturated heterocycles. The number of anilines is 1. The number of nitrogens with zero attached hydrogens (tertiary/aromatic N) is 1. The molecule has 1 fully saturated rings. The van der Waals surface area contributed by atoms with Gasteiger partial charge in [-0.1, -0.05) is 6.07 Å². The minimum Gasteiger partial charge on any atom is -0.399 e. The Labute approximate surface area is 128 Å². The highest BCUT2D eigenvalue weighted by Crippen LogP contribution is 2.18. The summed E-state index contributed by atoms with van der Waals surface area (Å²) < 4.78 is 5.35. The largest absolute Gasteiger partial charge is 0.399 e. The number of nitrogen functional groups attached to an aromatic ring is 1. The molecule has 1 aliphatic heterocycles. The summed E-state index contributed by atoms with van der Waals surface area (Å²) in [5, 5.41) is 0. The van der Waals surface area contributed by atoms with Crippen molar-refractivity contribution in [2.45, 2.75) is 20.3 Å². The average Bonchev–Trinajstić information content (AvgIpc) is 2.33. The van der Waals surface area contributed by atoms with Crippen LogP contribution >= 0.6 is 24.8 Å². The van der Waals surface area contributed by atoms with E-state index in [1.54, 1.807) is 0 Å². The molecular formula is C14H24Cl2N2O. The summed E-state index contributed by atoms with van der Waals surface area (Å²) in [6, 6.07) is 4.31. The number of morpholine rings is 1. The van der Waals surface area contributed by atoms with Crippen LogP contribution < -0.4 is 5.73 Å². The molecule has 1 aromatic rings. The van der Waals surface area contributed by atoms with E-state index in [9.17, 15) is 0 Å². The van der Waals surface area contributed by atoms with E-state index >= 15 is 0 Å². The smallest absolute Gasteiger partial charge is 0.0594 e. The third-order valence-corrected chi connectivity index (χ3v) is 3.53. The van der Waals surface area contributed by atoms with Crippen LogP contribution in [-0.2, 0) is 11.2 Å². The Kier molecular flexibility index (Phi) is 8.42. The van der Waals surface area contributed by atoms with Crippen molar-refractivity contribution in [3.63, 3.8) is 0 Å². The van der Waals surface area contributed by atoms with E-state index in [1.807, 2.05) is 0 Å². The number of benzene rings is 1. The van der Waals surface area contributed by atoms with E-state index in [-0.39, 0.29) is 24.8 Å². The highest BCUT2D eigenvalue weighted by molar-refractivity contribution is 5.85. The zero-order valence-corrected chi connectivity index (χ0v) is 13.3. The van der Waals surface area contributed by atoms with Gasteiger partial charge in [0.15, 0.2) is 0 Å². The molecule has 0 saturated carbocycles. The fraction of sp³-hybridized carbons (Fsp3) is 0.571. The lowest BCUT2D eigenvalue weighted by Gasteiger charge is -2.26. The number of nitrogens with two attached hydrogens (primary N) is 1. The number of aryl methyl sites for hydroxylation is 2. The van der Waals surface area contributed by atoms with Crippen LogP contribution in [0.5, 0.6) is 0 Å². The van der Waals surface area contributed by atoms with Gasteiger partial charge in [0, 0.05) is 25.3 Å². The Morgan fingerprint density at radius 1 is 1.11 bits per heavy atom. The summed E-state index contributed by atoms with van der Waals surface area (Å²) in [6.07, 6.45) is 1.10. The second-order valence-electron chi connectivity index (χ2n) is 4.84. The standard InChI is InChI=1S/C14H22N2O.2ClH/c1-11-10-14(15)12(2)9-13(11)3-4-16-5-7-17-8-6-16;;/h9-10H,3-8,15H2,1-2H3;2*1H. The van der Waals surface area contributed by atoms with Crippen LogP contribution in [-0.4, -0.2) is 37.7 Å². The van der Waals surface area contributed by atoms with Gasteiger partial charge in [0.1, 0.15) is 0 Å². The predicted molar refractivity (Wildman–Crippen MR) is 85.8 cm³/mol. The molecule has 0 bridgehead atoms. The fourth-order valence-electron chi connectivity index (χ4n) is 2.27. The van der Waals surface area contributed by atoms with Gasteiger partial charge in [-0.3, -0.25) is 4.90 Å². The molecule has 1 aromatic carbocycles. The van der Waals surface area contributed by atoms with Crippen molar-refractivity contribution in [2.24, 2.45) is 0 Å². The molecule has 1 aliphatic rings.